The van der Waals surface area contributed by atoms with Gasteiger partial charge >= 0.3 is 0 Å². The van der Waals surface area contributed by atoms with Gasteiger partial charge in [0.2, 0.25) is 0 Å². The molecule has 4 aliphatic carbocycles. The van der Waals surface area contributed by atoms with Crippen molar-refractivity contribution in [3.8, 4) is 0 Å². The van der Waals surface area contributed by atoms with E-state index in [2.05, 4.69) is 26.0 Å². The maximum atomic E-state index is 9.56. The van der Waals surface area contributed by atoms with Crippen LogP contribution in [0.15, 0.2) is 23.3 Å². The Kier molecular flexibility index (Phi) is 5.56. The highest BCUT2D eigenvalue weighted by molar-refractivity contribution is 5.19. The Balaban J connectivity index is 0.000000141. The van der Waals surface area contributed by atoms with Crippen molar-refractivity contribution in [1.29, 1.82) is 0 Å². The lowest BCUT2D eigenvalue weighted by Gasteiger charge is -2.26. The predicted molar refractivity (Wildman–Crippen MR) is 99.5 cm³/mol. The molecule has 4 rings (SSSR count). The molecule has 4 bridgehead atoms. The Morgan fingerprint density at radius 2 is 1.50 bits per heavy atom. The Bertz CT molecular complexity index is 502. The fourth-order valence-electron chi connectivity index (χ4n) is 6.23. The normalized spacial score (nSPS) is 45.6. The van der Waals surface area contributed by atoms with Crippen molar-refractivity contribution in [2.75, 3.05) is 0 Å². The third-order valence-corrected chi connectivity index (χ3v) is 7.46. The Morgan fingerprint density at radius 1 is 0.833 bits per heavy atom. The van der Waals surface area contributed by atoms with Gasteiger partial charge in [0, 0.05) is 0 Å². The zero-order valence-electron chi connectivity index (χ0n) is 15.9. The molecule has 2 heteroatoms. The summed E-state index contributed by atoms with van der Waals surface area (Å²) in [6.07, 6.45) is 12.1. The first-order valence-corrected chi connectivity index (χ1v) is 10.1. The predicted octanol–water partition coefficient (Wildman–Crippen LogP) is 4.72. The second-order valence-corrected chi connectivity index (χ2v) is 8.82. The van der Waals surface area contributed by atoms with Crippen LogP contribution in [0, 0.1) is 35.5 Å². The molecular formula is C22H36O2. The van der Waals surface area contributed by atoms with Gasteiger partial charge in [0.25, 0.3) is 0 Å². The third kappa shape index (κ3) is 3.37. The van der Waals surface area contributed by atoms with Gasteiger partial charge in [0.05, 0.1) is 12.2 Å². The van der Waals surface area contributed by atoms with Crippen molar-refractivity contribution < 1.29 is 10.2 Å². The van der Waals surface area contributed by atoms with Gasteiger partial charge in [-0.15, -0.1) is 0 Å². The van der Waals surface area contributed by atoms with Gasteiger partial charge in [0.15, 0.2) is 0 Å². The van der Waals surface area contributed by atoms with Gasteiger partial charge in [-0.25, -0.2) is 0 Å². The average Bonchev–Trinajstić information content (AvgIpc) is 3.32. The molecule has 0 saturated heterocycles. The summed E-state index contributed by atoms with van der Waals surface area (Å²) in [6.45, 7) is 8.17. The largest absolute Gasteiger partial charge is 0.393 e. The molecular weight excluding hydrogens is 296 g/mol. The fraction of sp³-hybridized carbons (Fsp3) is 0.818. The van der Waals surface area contributed by atoms with Crippen LogP contribution in [-0.4, -0.2) is 22.4 Å². The molecule has 0 heterocycles. The van der Waals surface area contributed by atoms with Crippen molar-refractivity contribution in [3.05, 3.63) is 23.3 Å². The summed E-state index contributed by atoms with van der Waals surface area (Å²) >= 11 is 0. The molecule has 0 radical (unpaired) electrons. The molecule has 0 aliphatic heterocycles. The molecule has 8 atom stereocenters. The second-order valence-electron chi connectivity index (χ2n) is 8.82. The smallest absolute Gasteiger partial charge is 0.0546 e. The van der Waals surface area contributed by atoms with Gasteiger partial charge in [-0.3, -0.25) is 0 Å². The number of hydrogen-bond donors (Lipinski definition) is 2. The lowest BCUT2D eigenvalue weighted by Crippen LogP contribution is -2.23. The number of allylic oxidation sites excluding steroid dienone is 4. The highest BCUT2D eigenvalue weighted by Crippen LogP contribution is 2.53. The summed E-state index contributed by atoms with van der Waals surface area (Å²) in [6, 6.07) is 0. The van der Waals surface area contributed by atoms with Crippen molar-refractivity contribution in [1.82, 2.24) is 0 Å². The van der Waals surface area contributed by atoms with E-state index in [-0.39, 0.29) is 12.2 Å². The quantitative estimate of drug-likeness (QED) is 0.718. The van der Waals surface area contributed by atoms with Crippen LogP contribution in [0.25, 0.3) is 0 Å². The first kappa shape index (κ1) is 18.2. The maximum Gasteiger partial charge on any atom is 0.0546 e. The minimum absolute atomic E-state index is 0.0848. The maximum absolute atomic E-state index is 9.56. The standard InChI is InChI=1S/2C11H18O/c1-3-9-4-8-5-10(7(2)12)11(9)6-8;1-3-8-4-10-5-9(8)6-11(10)7(2)12/h3,7-8,10-12H,4-6H2,1-2H3;3,7,9-12H,4-6H2,1-2H3. The molecule has 4 saturated carbocycles. The van der Waals surface area contributed by atoms with E-state index in [9.17, 15) is 10.2 Å². The molecule has 24 heavy (non-hydrogen) atoms. The van der Waals surface area contributed by atoms with E-state index < -0.39 is 0 Å². The zero-order chi connectivity index (χ0) is 17.4. The molecule has 0 aromatic rings. The number of rotatable bonds is 2. The minimum Gasteiger partial charge on any atom is -0.393 e. The van der Waals surface area contributed by atoms with Crippen molar-refractivity contribution >= 4 is 0 Å². The van der Waals surface area contributed by atoms with E-state index in [1.165, 1.54) is 38.5 Å². The topological polar surface area (TPSA) is 40.5 Å². The van der Waals surface area contributed by atoms with Crippen LogP contribution in [0.5, 0.6) is 0 Å². The van der Waals surface area contributed by atoms with Crippen molar-refractivity contribution in [2.45, 2.75) is 78.4 Å². The lowest BCUT2D eigenvalue weighted by atomic mass is 9.82. The number of aliphatic hydroxyl groups excluding tert-OH is 2. The zero-order valence-corrected chi connectivity index (χ0v) is 15.9. The van der Waals surface area contributed by atoms with Crippen molar-refractivity contribution in [3.63, 3.8) is 0 Å². The molecule has 2 N–H and O–H groups in total. The van der Waals surface area contributed by atoms with Crippen LogP contribution in [0.2, 0.25) is 0 Å². The second kappa shape index (κ2) is 7.33. The number of fused-ring (bicyclic) bond motifs is 4. The molecule has 4 fully saturated rings. The Morgan fingerprint density at radius 3 is 1.96 bits per heavy atom. The molecule has 0 spiro atoms. The molecule has 2 nitrogen and oxygen atoms in total. The van der Waals surface area contributed by atoms with Gasteiger partial charge in [0.1, 0.15) is 0 Å². The highest BCUT2D eigenvalue weighted by Gasteiger charge is 2.44. The van der Waals surface area contributed by atoms with Crippen LogP contribution in [0.4, 0.5) is 0 Å². The van der Waals surface area contributed by atoms with Crippen LogP contribution >= 0.6 is 0 Å². The van der Waals surface area contributed by atoms with Gasteiger partial charge in [-0.1, -0.05) is 23.3 Å². The molecule has 8 unspecified atom stereocenters. The van der Waals surface area contributed by atoms with Crippen LogP contribution < -0.4 is 0 Å². The first-order chi connectivity index (χ1) is 11.4. The van der Waals surface area contributed by atoms with Gasteiger partial charge in [-0.2, -0.15) is 0 Å². The molecule has 0 aromatic carbocycles. The van der Waals surface area contributed by atoms with Gasteiger partial charge < -0.3 is 10.2 Å². The van der Waals surface area contributed by atoms with Crippen LogP contribution in [0.3, 0.4) is 0 Å². The van der Waals surface area contributed by atoms with E-state index in [1.807, 2.05) is 13.8 Å². The summed E-state index contributed by atoms with van der Waals surface area (Å²) in [5.74, 6) is 4.38. The fourth-order valence-corrected chi connectivity index (χ4v) is 6.23. The SMILES string of the molecule is CC=C1CC2CC1C(C(C)O)C2.CC=C1CC2CC1CC2C(C)O. The number of aliphatic hydroxyl groups is 2. The molecule has 136 valence electrons. The van der Waals surface area contributed by atoms with Gasteiger partial charge in [-0.05, 0) is 102 Å². The van der Waals surface area contributed by atoms with E-state index in [4.69, 9.17) is 0 Å². The minimum atomic E-state index is -0.102. The van der Waals surface area contributed by atoms with E-state index in [1.54, 1.807) is 11.1 Å². The monoisotopic (exact) mass is 332 g/mol. The Hall–Kier alpha value is -0.600. The molecule has 0 aromatic heterocycles. The summed E-state index contributed by atoms with van der Waals surface area (Å²) in [4.78, 5) is 0. The third-order valence-electron chi connectivity index (χ3n) is 7.46. The van der Waals surface area contributed by atoms with E-state index >= 15 is 0 Å². The Labute approximate surface area is 148 Å². The van der Waals surface area contributed by atoms with Crippen molar-refractivity contribution in [2.24, 2.45) is 35.5 Å². The number of hydrogen-bond acceptors (Lipinski definition) is 2. The highest BCUT2D eigenvalue weighted by atomic mass is 16.3. The van der Waals surface area contributed by atoms with E-state index in [0.29, 0.717) is 11.8 Å². The summed E-state index contributed by atoms with van der Waals surface area (Å²) in [7, 11) is 0. The average molecular weight is 333 g/mol. The first-order valence-electron chi connectivity index (χ1n) is 10.1. The lowest BCUT2D eigenvalue weighted by molar-refractivity contribution is 0.0969. The summed E-state index contributed by atoms with van der Waals surface area (Å²) in [5, 5.41) is 19.1. The van der Waals surface area contributed by atoms with Crippen LogP contribution in [-0.2, 0) is 0 Å². The van der Waals surface area contributed by atoms with Crippen LogP contribution in [0.1, 0.15) is 66.2 Å². The molecule has 4 aliphatic rings. The van der Waals surface area contributed by atoms with E-state index in [0.717, 1.165) is 23.7 Å². The summed E-state index contributed by atoms with van der Waals surface area (Å²) in [5.41, 5.74) is 3.26. The summed E-state index contributed by atoms with van der Waals surface area (Å²) < 4.78 is 0. The molecule has 0 amide bonds.